The van der Waals surface area contributed by atoms with Crippen LogP contribution >= 0.6 is 0 Å². The number of rotatable bonds is 8. The number of amides is 1. The van der Waals surface area contributed by atoms with E-state index < -0.39 is 0 Å². The molecule has 1 aliphatic rings. The molecule has 32 heavy (non-hydrogen) atoms. The highest BCUT2D eigenvalue weighted by molar-refractivity contribution is 5.91. The normalized spacial score (nSPS) is 16.2. The molecule has 5 nitrogen and oxygen atoms in total. The standard InChI is InChI=1S/C27H28N2O3/c1-31-25-12-5-6-13-26(25)32-24-11-7-10-22(18-24)19-29-17-16-23(20-29)28-27(30)15-14-21-8-3-2-4-9-21/h2-15,18,23H,16-17,19-20H2,1H3,(H,28,30)/b15-14-/t23-/m0/s1. The molecule has 1 fully saturated rings. The van der Waals surface area contributed by atoms with Gasteiger partial charge in [0.25, 0.3) is 0 Å². The molecule has 1 amide bonds. The van der Waals surface area contributed by atoms with Gasteiger partial charge in [-0.1, -0.05) is 54.6 Å². The quantitative estimate of drug-likeness (QED) is 0.519. The summed E-state index contributed by atoms with van der Waals surface area (Å²) in [6.07, 6.45) is 4.40. The fourth-order valence-electron chi connectivity index (χ4n) is 3.88. The lowest BCUT2D eigenvalue weighted by Crippen LogP contribution is -2.35. The van der Waals surface area contributed by atoms with Gasteiger partial charge in [0.1, 0.15) is 5.75 Å². The average molecular weight is 429 g/mol. The van der Waals surface area contributed by atoms with E-state index in [1.807, 2.05) is 72.8 Å². The highest BCUT2D eigenvalue weighted by Gasteiger charge is 2.23. The van der Waals surface area contributed by atoms with Crippen molar-refractivity contribution in [2.45, 2.75) is 19.0 Å². The molecule has 1 N–H and O–H groups in total. The SMILES string of the molecule is COc1ccccc1Oc1cccc(CN2CC[C@H](NC(=O)/C=C\c3ccccc3)C2)c1. The molecule has 0 radical (unpaired) electrons. The lowest BCUT2D eigenvalue weighted by molar-refractivity contribution is -0.117. The maximum Gasteiger partial charge on any atom is 0.244 e. The Labute approximate surface area is 189 Å². The van der Waals surface area contributed by atoms with Crippen LogP contribution in [0.3, 0.4) is 0 Å². The van der Waals surface area contributed by atoms with Crippen molar-refractivity contribution in [3.63, 3.8) is 0 Å². The monoisotopic (exact) mass is 428 g/mol. The number of nitrogens with zero attached hydrogens (tertiary/aromatic N) is 1. The van der Waals surface area contributed by atoms with Gasteiger partial charge in [-0.2, -0.15) is 0 Å². The maximum absolute atomic E-state index is 12.3. The third-order valence-electron chi connectivity index (χ3n) is 5.45. The van der Waals surface area contributed by atoms with Gasteiger partial charge in [0.05, 0.1) is 7.11 Å². The van der Waals surface area contributed by atoms with Crippen LogP contribution in [0, 0.1) is 0 Å². The number of ether oxygens (including phenoxy) is 2. The lowest BCUT2D eigenvalue weighted by Gasteiger charge is -2.17. The molecule has 3 aromatic rings. The van der Waals surface area contributed by atoms with E-state index in [9.17, 15) is 4.79 Å². The topological polar surface area (TPSA) is 50.8 Å². The first kappa shape index (κ1) is 21.7. The van der Waals surface area contributed by atoms with Gasteiger partial charge in [0.15, 0.2) is 11.5 Å². The molecule has 1 atom stereocenters. The first-order valence-electron chi connectivity index (χ1n) is 10.9. The zero-order chi connectivity index (χ0) is 22.2. The van der Waals surface area contributed by atoms with E-state index in [0.717, 1.165) is 37.4 Å². The van der Waals surface area contributed by atoms with Gasteiger partial charge in [-0.25, -0.2) is 0 Å². The second-order valence-electron chi connectivity index (χ2n) is 7.87. The predicted molar refractivity (Wildman–Crippen MR) is 127 cm³/mol. The third-order valence-corrected chi connectivity index (χ3v) is 5.45. The van der Waals surface area contributed by atoms with Crippen molar-refractivity contribution in [1.29, 1.82) is 0 Å². The Morgan fingerprint density at radius 1 is 1.03 bits per heavy atom. The second-order valence-corrected chi connectivity index (χ2v) is 7.87. The number of likely N-dealkylation sites (tertiary alicyclic amines) is 1. The Balaban J connectivity index is 1.29. The first-order chi connectivity index (χ1) is 15.7. The minimum atomic E-state index is -0.0482. The van der Waals surface area contributed by atoms with E-state index in [2.05, 4.69) is 22.3 Å². The van der Waals surface area contributed by atoms with E-state index in [0.29, 0.717) is 11.5 Å². The van der Waals surface area contributed by atoms with Crippen LogP contribution in [0.1, 0.15) is 17.5 Å². The van der Waals surface area contributed by atoms with E-state index in [-0.39, 0.29) is 11.9 Å². The van der Waals surface area contributed by atoms with Gasteiger partial charge in [-0.05, 0) is 47.9 Å². The summed E-state index contributed by atoms with van der Waals surface area (Å²) in [6, 6.07) is 25.7. The summed E-state index contributed by atoms with van der Waals surface area (Å²) < 4.78 is 11.4. The molecule has 4 rings (SSSR count). The van der Waals surface area contributed by atoms with Crippen LogP contribution in [0.4, 0.5) is 0 Å². The van der Waals surface area contributed by atoms with Crippen molar-refractivity contribution in [3.8, 4) is 17.2 Å². The van der Waals surface area contributed by atoms with E-state index in [1.165, 1.54) is 5.56 Å². The number of methoxy groups -OCH3 is 1. The minimum Gasteiger partial charge on any atom is -0.493 e. The molecule has 0 aromatic heterocycles. The largest absolute Gasteiger partial charge is 0.493 e. The van der Waals surface area contributed by atoms with Crippen LogP contribution in [0.15, 0.2) is 84.9 Å². The Bertz CT molecular complexity index is 1070. The molecule has 3 aromatic carbocycles. The Morgan fingerprint density at radius 2 is 1.81 bits per heavy atom. The van der Waals surface area contributed by atoms with Gasteiger partial charge in [0.2, 0.25) is 5.91 Å². The molecule has 0 unspecified atom stereocenters. The summed E-state index contributed by atoms with van der Waals surface area (Å²) >= 11 is 0. The molecular formula is C27H28N2O3. The molecule has 0 spiro atoms. The van der Waals surface area contributed by atoms with Crippen LogP contribution in [0.2, 0.25) is 0 Å². The first-order valence-corrected chi connectivity index (χ1v) is 10.9. The molecule has 164 valence electrons. The molecule has 0 aliphatic carbocycles. The van der Waals surface area contributed by atoms with Crippen molar-refractivity contribution < 1.29 is 14.3 Å². The van der Waals surface area contributed by atoms with E-state index in [4.69, 9.17) is 9.47 Å². The highest BCUT2D eigenvalue weighted by atomic mass is 16.5. The van der Waals surface area contributed by atoms with Crippen molar-refractivity contribution in [2.24, 2.45) is 0 Å². The summed E-state index contributed by atoms with van der Waals surface area (Å²) in [5.41, 5.74) is 2.19. The number of hydrogen-bond acceptors (Lipinski definition) is 4. The van der Waals surface area contributed by atoms with Crippen molar-refractivity contribution in [1.82, 2.24) is 10.2 Å². The number of hydrogen-bond donors (Lipinski definition) is 1. The Kier molecular flexibility index (Phi) is 7.20. The van der Waals surface area contributed by atoms with Crippen LogP contribution in [0.5, 0.6) is 17.2 Å². The van der Waals surface area contributed by atoms with Crippen molar-refractivity contribution in [3.05, 3.63) is 96.1 Å². The number of nitrogens with one attached hydrogen (secondary N) is 1. The minimum absolute atomic E-state index is 0.0482. The maximum atomic E-state index is 12.3. The van der Waals surface area contributed by atoms with Crippen LogP contribution in [-0.4, -0.2) is 37.0 Å². The van der Waals surface area contributed by atoms with Crippen LogP contribution in [-0.2, 0) is 11.3 Å². The molecule has 1 saturated heterocycles. The zero-order valence-corrected chi connectivity index (χ0v) is 18.2. The molecule has 5 heteroatoms. The van der Waals surface area contributed by atoms with Gasteiger partial charge < -0.3 is 14.8 Å². The Morgan fingerprint density at radius 3 is 2.62 bits per heavy atom. The smallest absolute Gasteiger partial charge is 0.244 e. The molecule has 1 aliphatic heterocycles. The van der Waals surface area contributed by atoms with Gasteiger partial charge in [-0.3, -0.25) is 9.69 Å². The average Bonchev–Trinajstić information content (AvgIpc) is 3.25. The molecule has 1 heterocycles. The summed E-state index contributed by atoms with van der Waals surface area (Å²) in [4.78, 5) is 14.6. The lowest BCUT2D eigenvalue weighted by atomic mass is 10.2. The third kappa shape index (κ3) is 5.99. The highest BCUT2D eigenvalue weighted by Crippen LogP contribution is 2.31. The van der Waals surface area contributed by atoms with Crippen LogP contribution in [0.25, 0.3) is 6.08 Å². The summed E-state index contributed by atoms with van der Waals surface area (Å²) in [6.45, 7) is 2.60. The molecule has 0 bridgehead atoms. The predicted octanol–water partition coefficient (Wildman–Crippen LogP) is 4.89. The van der Waals surface area contributed by atoms with E-state index >= 15 is 0 Å². The summed E-state index contributed by atoms with van der Waals surface area (Å²) in [7, 11) is 1.64. The summed E-state index contributed by atoms with van der Waals surface area (Å²) in [5.74, 6) is 2.13. The zero-order valence-electron chi connectivity index (χ0n) is 18.2. The van der Waals surface area contributed by atoms with Crippen molar-refractivity contribution >= 4 is 12.0 Å². The fraction of sp³-hybridized carbons (Fsp3) is 0.222. The van der Waals surface area contributed by atoms with E-state index in [1.54, 1.807) is 13.2 Å². The molecule has 0 saturated carbocycles. The van der Waals surface area contributed by atoms with Crippen LogP contribution < -0.4 is 14.8 Å². The van der Waals surface area contributed by atoms with Crippen molar-refractivity contribution in [2.75, 3.05) is 20.2 Å². The number of para-hydroxylation sites is 2. The second kappa shape index (κ2) is 10.6. The fourth-order valence-corrected chi connectivity index (χ4v) is 3.88. The van der Waals surface area contributed by atoms with Gasteiger partial charge in [0, 0.05) is 31.8 Å². The number of carbonyl (C=O) groups excluding carboxylic acids is 1. The summed E-state index contributed by atoms with van der Waals surface area (Å²) in [5, 5.41) is 3.12. The van der Waals surface area contributed by atoms with Gasteiger partial charge in [-0.15, -0.1) is 0 Å². The molecular weight excluding hydrogens is 400 g/mol. The number of carbonyl (C=O) groups is 1. The van der Waals surface area contributed by atoms with Gasteiger partial charge >= 0.3 is 0 Å². The Hall–Kier alpha value is -3.57. The number of benzene rings is 3.